The van der Waals surface area contributed by atoms with Gasteiger partial charge in [0.05, 0.1) is 0 Å². The van der Waals surface area contributed by atoms with E-state index >= 15 is 0 Å². The molecule has 2 aromatic rings. The Kier molecular flexibility index (Phi) is 4.32. The Morgan fingerprint density at radius 3 is 2.33 bits per heavy atom. The van der Waals surface area contributed by atoms with E-state index in [-0.39, 0.29) is 0 Å². The molecule has 0 fully saturated rings. The monoisotopic (exact) mass is 283 g/mol. The predicted molar refractivity (Wildman–Crippen MR) is 86.0 cm³/mol. The molecule has 3 nitrogen and oxygen atoms in total. The predicted octanol–water partition coefficient (Wildman–Crippen LogP) is 4.32. The average Bonchev–Trinajstić information content (AvgIpc) is 2.71. The van der Waals surface area contributed by atoms with Crippen molar-refractivity contribution in [1.82, 2.24) is 4.57 Å². The molecule has 2 rings (SSSR count). The number of carboxylic acids is 1. The largest absolute Gasteiger partial charge is 0.478 e. The lowest BCUT2D eigenvalue weighted by Crippen LogP contribution is -1.99. The van der Waals surface area contributed by atoms with E-state index in [0.29, 0.717) is 5.92 Å². The van der Waals surface area contributed by atoms with Crippen molar-refractivity contribution in [1.29, 1.82) is 0 Å². The van der Waals surface area contributed by atoms with Crippen LogP contribution >= 0.6 is 0 Å². The van der Waals surface area contributed by atoms with Gasteiger partial charge in [-0.1, -0.05) is 26.0 Å². The first-order valence-electron chi connectivity index (χ1n) is 7.10. The fraction of sp³-hybridized carbons (Fsp3) is 0.278. The smallest absolute Gasteiger partial charge is 0.328 e. The number of hydrogen-bond acceptors (Lipinski definition) is 1. The molecule has 0 unspecified atom stereocenters. The number of aliphatic carboxylic acids is 1. The lowest BCUT2D eigenvalue weighted by Gasteiger charge is -2.12. The molecular formula is C18H21NO2. The Morgan fingerprint density at radius 2 is 1.81 bits per heavy atom. The van der Waals surface area contributed by atoms with Crippen LogP contribution in [0.3, 0.4) is 0 Å². The first kappa shape index (κ1) is 15.1. The summed E-state index contributed by atoms with van der Waals surface area (Å²) in [7, 11) is 0. The molecule has 0 spiro atoms. The van der Waals surface area contributed by atoms with Crippen LogP contribution in [-0.2, 0) is 4.79 Å². The van der Waals surface area contributed by atoms with Gasteiger partial charge in [-0.05, 0) is 55.2 Å². The molecular weight excluding hydrogens is 262 g/mol. The summed E-state index contributed by atoms with van der Waals surface area (Å²) in [6.07, 6.45) is 2.82. The summed E-state index contributed by atoms with van der Waals surface area (Å²) < 4.78 is 2.14. The maximum atomic E-state index is 10.7. The maximum Gasteiger partial charge on any atom is 0.328 e. The minimum Gasteiger partial charge on any atom is -0.478 e. The molecule has 110 valence electrons. The van der Waals surface area contributed by atoms with Crippen molar-refractivity contribution in [3.8, 4) is 5.69 Å². The van der Waals surface area contributed by atoms with E-state index in [9.17, 15) is 4.79 Å². The van der Waals surface area contributed by atoms with Crippen LogP contribution in [0.4, 0.5) is 0 Å². The summed E-state index contributed by atoms with van der Waals surface area (Å²) in [4.78, 5) is 10.7. The zero-order valence-electron chi connectivity index (χ0n) is 12.9. The van der Waals surface area contributed by atoms with Crippen LogP contribution in [0, 0.1) is 13.8 Å². The van der Waals surface area contributed by atoms with E-state index in [1.807, 2.05) is 19.9 Å². The topological polar surface area (TPSA) is 42.2 Å². The Labute approximate surface area is 125 Å². The SMILES string of the molecule is Cc1cc(C=CC(=O)O)c(C)n1-c1ccc(C(C)C)cc1. The van der Waals surface area contributed by atoms with E-state index in [2.05, 4.69) is 42.7 Å². The van der Waals surface area contributed by atoms with Crippen molar-refractivity contribution in [3.63, 3.8) is 0 Å². The van der Waals surface area contributed by atoms with Gasteiger partial charge in [-0.25, -0.2) is 4.79 Å². The molecule has 0 amide bonds. The van der Waals surface area contributed by atoms with Crippen LogP contribution in [0.15, 0.2) is 36.4 Å². The van der Waals surface area contributed by atoms with Gasteiger partial charge in [0.1, 0.15) is 0 Å². The molecule has 21 heavy (non-hydrogen) atoms. The molecule has 1 heterocycles. The molecule has 0 aliphatic heterocycles. The van der Waals surface area contributed by atoms with Gasteiger partial charge in [0.2, 0.25) is 0 Å². The number of carbonyl (C=O) groups is 1. The second kappa shape index (κ2) is 6.00. The highest BCUT2D eigenvalue weighted by atomic mass is 16.4. The van der Waals surface area contributed by atoms with Gasteiger partial charge in [0.15, 0.2) is 0 Å². The molecule has 1 aromatic carbocycles. The number of aromatic nitrogens is 1. The van der Waals surface area contributed by atoms with Gasteiger partial charge < -0.3 is 9.67 Å². The first-order chi connectivity index (χ1) is 9.90. The van der Waals surface area contributed by atoms with Crippen LogP contribution in [0.5, 0.6) is 0 Å². The second-order valence-electron chi connectivity index (χ2n) is 5.58. The lowest BCUT2D eigenvalue weighted by molar-refractivity contribution is -0.131. The number of nitrogens with zero attached hydrogens (tertiary/aromatic N) is 1. The van der Waals surface area contributed by atoms with Crippen molar-refractivity contribution in [2.75, 3.05) is 0 Å². The van der Waals surface area contributed by atoms with E-state index in [4.69, 9.17) is 5.11 Å². The number of carboxylic acid groups (broad SMARTS) is 1. The van der Waals surface area contributed by atoms with E-state index in [1.165, 1.54) is 11.6 Å². The second-order valence-corrected chi connectivity index (χ2v) is 5.58. The van der Waals surface area contributed by atoms with Crippen LogP contribution in [0.1, 0.15) is 42.3 Å². The molecule has 0 aliphatic carbocycles. The average molecular weight is 283 g/mol. The van der Waals surface area contributed by atoms with Crippen molar-refractivity contribution < 1.29 is 9.90 Å². The Morgan fingerprint density at radius 1 is 1.19 bits per heavy atom. The van der Waals surface area contributed by atoms with Crippen molar-refractivity contribution in [2.45, 2.75) is 33.6 Å². The summed E-state index contributed by atoms with van der Waals surface area (Å²) in [5.41, 5.74) is 5.48. The summed E-state index contributed by atoms with van der Waals surface area (Å²) in [5.74, 6) is -0.416. The van der Waals surface area contributed by atoms with Crippen molar-refractivity contribution in [2.24, 2.45) is 0 Å². The molecule has 1 aromatic heterocycles. The third-order valence-corrected chi connectivity index (χ3v) is 3.69. The molecule has 0 aliphatic rings. The van der Waals surface area contributed by atoms with Gasteiger partial charge in [0, 0.05) is 23.2 Å². The highest BCUT2D eigenvalue weighted by molar-refractivity contribution is 5.85. The highest BCUT2D eigenvalue weighted by Gasteiger charge is 2.09. The van der Waals surface area contributed by atoms with E-state index in [0.717, 1.165) is 22.6 Å². The lowest BCUT2D eigenvalue weighted by atomic mass is 10.0. The highest BCUT2D eigenvalue weighted by Crippen LogP contribution is 2.23. The molecule has 0 atom stereocenters. The molecule has 1 N–H and O–H groups in total. The van der Waals surface area contributed by atoms with Crippen molar-refractivity contribution >= 4 is 12.0 Å². The fourth-order valence-electron chi connectivity index (χ4n) is 2.52. The summed E-state index contributed by atoms with van der Waals surface area (Å²) >= 11 is 0. The normalized spacial score (nSPS) is 11.5. The maximum absolute atomic E-state index is 10.7. The minimum atomic E-state index is -0.930. The number of benzene rings is 1. The minimum absolute atomic E-state index is 0.514. The number of aryl methyl sites for hydroxylation is 1. The van der Waals surface area contributed by atoms with E-state index < -0.39 is 5.97 Å². The van der Waals surface area contributed by atoms with Gasteiger partial charge in [-0.2, -0.15) is 0 Å². The molecule has 0 saturated carbocycles. The molecule has 3 heteroatoms. The van der Waals surface area contributed by atoms with E-state index in [1.54, 1.807) is 6.08 Å². The van der Waals surface area contributed by atoms with Crippen LogP contribution in [0.2, 0.25) is 0 Å². The van der Waals surface area contributed by atoms with Gasteiger partial charge in [0.25, 0.3) is 0 Å². The molecule has 0 bridgehead atoms. The quantitative estimate of drug-likeness (QED) is 0.849. The molecule has 0 saturated heterocycles. The van der Waals surface area contributed by atoms with Gasteiger partial charge >= 0.3 is 5.97 Å². The van der Waals surface area contributed by atoms with Gasteiger partial charge in [-0.3, -0.25) is 0 Å². The van der Waals surface area contributed by atoms with Crippen LogP contribution in [0.25, 0.3) is 11.8 Å². The zero-order chi connectivity index (χ0) is 15.6. The summed E-state index contributed by atoms with van der Waals surface area (Å²) in [5, 5.41) is 8.75. The fourth-order valence-corrected chi connectivity index (χ4v) is 2.52. The third-order valence-electron chi connectivity index (χ3n) is 3.69. The summed E-state index contributed by atoms with van der Waals surface area (Å²) in [6, 6.07) is 10.5. The van der Waals surface area contributed by atoms with Crippen LogP contribution < -0.4 is 0 Å². The zero-order valence-corrected chi connectivity index (χ0v) is 12.9. The Hall–Kier alpha value is -2.29. The molecule has 0 radical (unpaired) electrons. The third kappa shape index (κ3) is 3.24. The first-order valence-corrected chi connectivity index (χ1v) is 7.10. The van der Waals surface area contributed by atoms with Crippen molar-refractivity contribution in [3.05, 3.63) is 58.9 Å². The van der Waals surface area contributed by atoms with Gasteiger partial charge in [-0.15, -0.1) is 0 Å². The van der Waals surface area contributed by atoms with Crippen LogP contribution in [-0.4, -0.2) is 15.6 Å². The Balaban J connectivity index is 2.42. The number of hydrogen-bond donors (Lipinski definition) is 1. The standard InChI is InChI=1S/C18H21NO2/c1-12(2)15-5-8-17(9-6-15)19-13(3)11-16(14(19)4)7-10-18(20)21/h5-12H,1-4H3,(H,20,21). The summed E-state index contributed by atoms with van der Waals surface area (Å²) in [6.45, 7) is 8.39. The number of rotatable bonds is 4. The Bertz CT molecular complexity index is 676.